The molecule has 3 rings (SSSR count). The molecule has 2 aliphatic rings. The Labute approximate surface area is 116 Å². The maximum absolute atomic E-state index is 6.25. The predicted molar refractivity (Wildman–Crippen MR) is 79.1 cm³/mol. The van der Waals surface area contributed by atoms with Gasteiger partial charge in [0.25, 0.3) is 0 Å². The zero-order valence-electron chi connectivity index (χ0n) is 11.8. The highest BCUT2D eigenvalue weighted by atomic mass is 15.2. The molecule has 0 aromatic heterocycles. The van der Waals surface area contributed by atoms with Crippen molar-refractivity contribution < 1.29 is 0 Å². The van der Waals surface area contributed by atoms with Gasteiger partial charge in [0.15, 0.2) is 0 Å². The van der Waals surface area contributed by atoms with E-state index in [2.05, 4.69) is 41.4 Å². The van der Waals surface area contributed by atoms with Crippen LogP contribution in [0.15, 0.2) is 24.3 Å². The Kier molecular flexibility index (Phi) is 3.87. The Hall–Kier alpha value is -0.900. The standard InChI is InChI=1S/C16H25N3/c1-12-2-4-13(5-3-12)16(17)10-18-14-8-9-19(11-14)15-6-7-15/h2-5,14-16,18H,6-11,17H2,1H3. The number of nitrogens with one attached hydrogen (secondary N) is 1. The average Bonchev–Trinajstić information content (AvgIpc) is 3.16. The minimum Gasteiger partial charge on any atom is -0.323 e. The Morgan fingerprint density at radius 2 is 2.00 bits per heavy atom. The van der Waals surface area contributed by atoms with Gasteiger partial charge in [0.2, 0.25) is 0 Å². The fourth-order valence-electron chi connectivity index (χ4n) is 2.95. The highest BCUT2D eigenvalue weighted by molar-refractivity contribution is 5.24. The molecule has 3 N–H and O–H groups in total. The first kappa shape index (κ1) is 13.1. The summed E-state index contributed by atoms with van der Waals surface area (Å²) in [6.45, 7) is 5.47. The van der Waals surface area contributed by atoms with Crippen molar-refractivity contribution in [1.29, 1.82) is 0 Å². The van der Waals surface area contributed by atoms with Crippen molar-refractivity contribution in [2.24, 2.45) is 5.73 Å². The fraction of sp³-hybridized carbons (Fsp3) is 0.625. The summed E-state index contributed by atoms with van der Waals surface area (Å²) in [7, 11) is 0. The predicted octanol–water partition coefficient (Wildman–Crippen LogP) is 1.82. The van der Waals surface area contributed by atoms with Crippen LogP contribution in [0.25, 0.3) is 0 Å². The first-order valence-corrected chi connectivity index (χ1v) is 7.52. The van der Waals surface area contributed by atoms with Crippen LogP contribution in [0.4, 0.5) is 0 Å². The van der Waals surface area contributed by atoms with Crippen molar-refractivity contribution in [3.63, 3.8) is 0 Å². The average molecular weight is 259 g/mol. The van der Waals surface area contributed by atoms with E-state index in [9.17, 15) is 0 Å². The first-order valence-electron chi connectivity index (χ1n) is 7.52. The van der Waals surface area contributed by atoms with Gasteiger partial charge in [-0.05, 0) is 31.7 Å². The maximum Gasteiger partial charge on any atom is 0.0421 e. The van der Waals surface area contributed by atoms with Crippen LogP contribution in [0.1, 0.15) is 36.4 Å². The molecule has 1 aliphatic carbocycles. The minimum atomic E-state index is 0.107. The van der Waals surface area contributed by atoms with Gasteiger partial charge >= 0.3 is 0 Å². The monoisotopic (exact) mass is 259 g/mol. The molecule has 0 bridgehead atoms. The normalized spacial score (nSPS) is 25.7. The van der Waals surface area contributed by atoms with Crippen LogP contribution in [-0.4, -0.2) is 36.6 Å². The van der Waals surface area contributed by atoms with E-state index in [1.54, 1.807) is 0 Å². The molecular weight excluding hydrogens is 234 g/mol. The summed E-state index contributed by atoms with van der Waals surface area (Å²) in [4.78, 5) is 2.63. The van der Waals surface area contributed by atoms with Crippen LogP contribution in [0.3, 0.4) is 0 Å². The third-order valence-electron chi connectivity index (χ3n) is 4.41. The number of nitrogens with zero attached hydrogens (tertiary/aromatic N) is 1. The maximum atomic E-state index is 6.25. The molecular formula is C16H25N3. The molecule has 1 heterocycles. The molecule has 1 saturated heterocycles. The molecule has 2 unspecified atom stereocenters. The van der Waals surface area contributed by atoms with Gasteiger partial charge in [-0.25, -0.2) is 0 Å². The molecule has 0 amide bonds. The van der Waals surface area contributed by atoms with Crippen LogP contribution < -0.4 is 11.1 Å². The van der Waals surface area contributed by atoms with Crippen molar-refractivity contribution in [3.8, 4) is 0 Å². The summed E-state index contributed by atoms with van der Waals surface area (Å²) in [5.41, 5.74) is 8.78. The smallest absolute Gasteiger partial charge is 0.0421 e. The number of likely N-dealkylation sites (tertiary alicyclic amines) is 1. The Morgan fingerprint density at radius 3 is 2.68 bits per heavy atom. The van der Waals surface area contributed by atoms with Crippen LogP contribution >= 0.6 is 0 Å². The molecule has 19 heavy (non-hydrogen) atoms. The van der Waals surface area contributed by atoms with Crippen molar-refractivity contribution >= 4 is 0 Å². The van der Waals surface area contributed by atoms with Crippen LogP contribution in [-0.2, 0) is 0 Å². The van der Waals surface area contributed by atoms with E-state index in [0.717, 1.165) is 12.6 Å². The Balaban J connectivity index is 1.45. The SMILES string of the molecule is Cc1ccc(C(N)CNC2CCN(C3CC3)C2)cc1. The van der Waals surface area contributed by atoms with Gasteiger partial charge in [-0.3, -0.25) is 4.90 Å². The molecule has 1 saturated carbocycles. The number of aryl methyl sites for hydroxylation is 1. The van der Waals surface area contributed by atoms with E-state index in [1.807, 2.05) is 0 Å². The Morgan fingerprint density at radius 1 is 1.26 bits per heavy atom. The Bertz CT molecular complexity index is 411. The highest BCUT2D eigenvalue weighted by Gasteiger charge is 2.34. The quantitative estimate of drug-likeness (QED) is 0.847. The summed E-state index contributed by atoms with van der Waals surface area (Å²) in [5, 5.41) is 3.64. The third-order valence-corrected chi connectivity index (χ3v) is 4.41. The molecule has 1 aromatic carbocycles. The summed E-state index contributed by atoms with van der Waals surface area (Å²) >= 11 is 0. The number of rotatable bonds is 5. The zero-order valence-corrected chi connectivity index (χ0v) is 11.8. The van der Waals surface area contributed by atoms with Gasteiger partial charge in [0, 0.05) is 37.8 Å². The number of hydrogen-bond acceptors (Lipinski definition) is 3. The largest absolute Gasteiger partial charge is 0.323 e. The molecule has 1 aromatic rings. The number of hydrogen-bond donors (Lipinski definition) is 2. The lowest BCUT2D eigenvalue weighted by Gasteiger charge is -2.18. The molecule has 2 fully saturated rings. The molecule has 1 aliphatic heterocycles. The van der Waals surface area contributed by atoms with Gasteiger partial charge in [-0.2, -0.15) is 0 Å². The first-order chi connectivity index (χ1) is 9.22. The lowest BCUT2D eigenvalue weighted by molar-refractivity contribution is 0.316. The highest BCUT2D eigenvalue weighted by Crippen LogP contribution is 2.29. The molecule has 3 heteroatoms. The molecule has 3 nitrogen and oxygen atoms in total. The fourth-order valence-corrected chi connectivity index (χ4v) is 2.95. The van der Waals surface area contributed by atoms with E-state index in [1.165, 1.54) is 43.5 Å². The van der Waals surface area contributed by atoms with E-state index in [4.69, 9.17) is 5.73 Å². The van der Waals surface area contributed by atoms with E-state index >= 15 is 0 Å². The number of benzene rings is 1. The van der Waals surface area contributed by atoms with Crippen molar-refractivity contribution in [2.75, 3.05) is 19.6 Å². The van der Waals surface area contributed by atoms with Gasteiger partial charge in [0.05, 0.1) is 0 Å². The third kappa shape index (κ3) is 3.35. The molecule has 2 atom stereocenters. The minimum absolute atomic E-state index is 0.107. The van der Waals surface area contributed by atoms with Gasteiger partial charge in [-0.1, -0.05) is 29.8 Å². The van der Waals surface area contributed by atoms with Crippen LogP contribution in [0, 0.1) is 6.92 Å². The molecule has 104 valence electrons. The van der Waals surface area contributed by atoms with E-state index in [-0.39, 0.29) is 6.04 Å². The number of nitrogens with two attached hydrogens (primary N) is 1. The lowest BCUT2D eigenvalue weighted by atomic mass is 10.1. The van der Waals surface area contributed by atoms with Crippen LogP contribution in [0.2, 0.25) is 0 Å². The summed E-state index contributed by atoms with van der Waals surface area (Å²) in [6.07, 6.45) is 4.10. The van der Waals surface area contributed by atoms with Gasteiger partial charge in [0.1, 0.15) is 0 Å². The second-order valence-electron chi connectivity index (χ2n) is 6.14. The second kappa shape index (κ2) is 5.61. The zero-order chi connectivity index (χ0) is 13.2. The van der Waals surface area contributed by atoms with E-state index in [0.29, 0.717) is 6.04 Å². The van der Waals surface area contributed by atoms with Crippen molar-refractivity contribution in [2.45, 2.75) is 44.3 Å². The lowest BCUT2D eigenvalue weighted by Crippen LogP contribution is -2.37. The molecule has 0 spiro atoms. The second-order valence-corrected chi connectivity index (χ2v) is 6.14. The topological polar surface area (TPSA) is 41.3 Å². The van der Waals surface area contributed by atoms with Crippen molar-refractivity contribution in [3.05, 3.63) is 35.4 Å². The summed E-state index contributed by atoms with van der Waals surface area (Å²) in [6, 6.07) is 10.2. The van der Waals surface area contributed by atoms with Crippen molar-refractivity contribution in [1.82, 2.24) is 10.2 Å². The van der Waals surface area contributed by atoms with Gasteiger partial charge in [-0.15, -0.1) is 0 Å². The van der Waals surface area contributed by atoms with E-state index < -0.39 is 0 Å². The molecule has 0 radical (unpaired) electrons. The summed E-state index contributed by atoms with van der Waals surface area (Å²) in [5.74, 6) is 0. The van der Waals surface area contributed by atoms with Crippen LogP contribution in [0.5, 0.6) is 0 Å². The van der Waals surface area contributed by atoms with Gasteiger partial charge < -0.3 is 11.1 Å². The summed E-state index contributed by atoms with van der Waals surface area (Å²) < 4.78 is 0.